The lowest BCUT2D eigenvalue weighted by Crippen LogP contribution is -2.49. The molecular weight excluding hydrogens is 520 g/mol. The van der Waals surface area contributed by atoms with Crippen LogP contribution >= 0.6 is 27.3 Å². The Kier molecular flexibility index (Phi) is 6.50. The molecule has 0 saturated carbocycles. The van der Waals surface area contributed by atoms with Crippen LogP contribution in [0.5, 0.6) is 0 Å². The number of thiophene rings is 1. The predicted octanol–water partition coefficient (Wildman–Crippen LogP) is 5.04. The minimum absolute atomic E-state index is 0.342. The van der Waals surface area contributed by atoms with Gasteiger partial charge in [0.25, 0.3) is 0 Å². The van der Waals surface area contributed by atoms with Crippen LogP contribution < -0.4 is 4.90 Å². The van der Waals surface area contributed by atoms with Gasteiger partial charge >= 0.3 is 0 Å². The van der Waals surface area contributed by atoms with Crippen molar-refractivity contribution in [1.82, 2.24) is 14.3 Å². The summed E-state index contributed by atoms with van der Waals surface area (Å²) in [6, 6.07) is 6.87. The number of hydrogen-bond donors (Lipinski definition) is 0. The lowest BCUT2D eigenvalue weighted by Gasteiger charge is -2.35. The Morgan fingerprint density at radius 2 is 1.85 bits per heavy atom. The first kappa shape index (κ1) is 23.2. The van der Waals surface area contributed by atoms with Crippen molar-refractivity contribution in [3.8, 4) is 0 Å². The Bertz CT molecular complexity index is 1270. The van der Waals surface area contributed by atoms with Crippen molar-refractivity contribution < 1.29 is 8.42 Å². The summed E-state index contributed by atoms with van der Waals surface area (Å²) in [6.07, 6.45) is 5.27. The summed E-state index contributed by atoms with van der Waals surface area (Å²) < 4.78 is 28.8. The van der Waals surface area contributed by atoms with E-state index in [0.29, 0.717) is 37.0 Å². The van der Waals surface area contributed by atoms with E-state index in [-0.39, 0.29) is 0 Å². The molecule has 0 spiro atoms. The number of hydrogen-bond acceptors (Lipinski definition) is 6. The van der Waals surface area contributed by atoms with E-state index in [1.165, 1.54) is 22.2 Å². The summed E-state index contributed by atoms with van der Waals surface area (Å²) in [6.45, 7) is 6.66. The van der Waals surface area contributed by atoms with Gasteiger partial charge in [0.1, 0.15) is 16.5 Å². The van der Waals surface area contributed by atoms with Crippen molar-refractivity contribution in [3.63, 3.8) is 0 Å². The van der Waals surface area contributed by atoms with Crippen LogP contribution in [-0.4, -0.2) is 48.9 Å². The molecule has 1 aromatic carbocycles. The molecule has 0 radical (unpaired) electrons. The smallest absolute Gasteiger partial charge is 0.243 e. The third-order valence-electron chi connectivity index (χ3n) is 6.65. The summed E-state index contributed by atoms with van der Waals surface area (Å²) in [5.41, 5.74) is 1.43. The standard InChI is InChI=1S/C24H29BrN4O2S2/c1-3-4-21-26-23(22-19-10-5-16(2)15-20(19)32-24(22)27-21)28-11-13-29(14-12-28)33(30,31)18-8-6-17(25)7-9-18/h6-9,16H,3-5,10-15H2,1-2H3/t16-/m0/s1. The van der Waals surface area contributed by atoms with Gasteiger partial charge in [-0.2, -0.15) is 4.31 Å². The van der Waals surface area contributed by atoms with Crippen molar-refractivity contribution in [2.45, 2.75) is 50.8 Å². The molecule has 0 N–H and O–H groups in total. The Hall–Kier alpha value is -1.55. The normalized spacial score (nSPS) is 19.7. The highest BCUT2D eigenvalue weighted by molar-refractivity contribution is 9.10. The van der Waals surface area contributed by atoms with E-state index in [0.717, 1.165) is 46.6 Å². The number of benzene rings is 1. The molecule has 2 aliphatic rings. The summed E-state index contributed by atoms with van der Waals surface area (Å²) in [4.78, 5) is 15.1. The molecule has 3 heterocycles. The maximum Gasteiger partial charge on any atom is 0.243 e. The largest absolute Gasteiger partial charge is 0.353 e. The number of piperazine rings is 1. The monoisotopic (exact) mass is 548 g/mol. The fraction of sp³-hybridized carbons (Fsp3) is 0.500. The molecule has 1 aliphatic heterocycles. The summed E-state index contributed by atoms with van der Waals surface area (Å²) in [7, 11) is -3.50. The van der Waals surface area contributed by atoms with Gasteiger partial charge in [0, 0.05) is 41.9 Å². The Morgan fingerprint density at radius 1 is 1.12 bits per heavy atom. The predicted molar refractivity (Wildman–Crippen MR) is 138 cm³/mol. The minimum Gasteiger partial charge on any atom is -0.353 e. The second-order valence-electron chi connectivity index (χ2n) is 9.09. The van der Waals surface area contributed by atoms with Crippen LogP contribution in [0.4, 0.5) is 5.82 Å². The van der Waals surface area contributed by atoms with Crippen LogP contribution in [0.2, 0.25) is 0 Å². The highest BCUT2D eigenvalue weighted by Crippen LogP contribution is 2.41. The number of rotatable bonds is 5. The Labute approximate surface area is 208 Å². The molecule has 1 atom stereocenters. The second-order valence-corrected chi connectivity index (χ2v) is 13.0. The van der Waals surface area contributed by atoms with Gasteiger partial charge in [-0.15, -0.1) is 11.3 Å². The molecule has 9 heteroatoms. The summed E-state index contributed by atoms with van der Waals surface area (Å²) >= 11 is 5.22. The molecule has 0 unspecified atom stereocenters. The lowest BCUT2D eigenvalue weighted by atomic mass is 9.89. The molecule has 3 aromatic rings. The van der Waals surface area contributed by atoms with E-state index < -0.39 is 10.0 Å². The van der Waals surface area contributed by atoms with Crippen molar-refractivity contribution in [1.29, 1.82) is 0 Å². The molecule has 1 aliphatic carbocycles. The Balaban J connectivity index is 1.45. The molecule has 6 nitrogen and oxygen atoms in total. The van der Waals surface area contributed by atoms with Crippen LogP contribution in [0.15, 0.2) is 33.6 Å². The molecule has 1 fully saturated rings. The van der Waals surface area contributed by atoms with E-state index in [4.69, 9.17) is 9.97 Å². The zero-order valence-electron chi connectivity index (χ0n) is 19.1. The maximum atomic E-state index is 13.1. The average molecular weight is 550 g/mol. The van der Waals surface area contributed by atoms with Gasteiger partial charge in [0.05, 0.1) is 10.3 Å². The highest BCUT2D eigenvalue weighted by Gasteiger charge is 2.31. The Morgan fingerprint density at radius 3 is 2.55 bits per heavy atom. The zero-order chi connectivity index (χ0) is 23.2. The summed E-state index contributed by atoms with van der Waals surface area (Å²) in [5, 5.41) is 1.21. The SMILES string of the molecule is CCCc1nc(N2CCN(S(=O)(=O)c3ccc(Br)cc3)CC2)c2c3c(sc2n1)C[C@@H](C)CC3. The number of fused-ring (bicyclic) bond motifs is 3. The number of sulfonamides is 1. The van der Waals surface area contributed by atoms with Crippen molar-refractivity contribution >= 4 is 53.3 Å². The molecule has 1 saturated heterocycles. The van der Waals surface area contributed by atoms with Crippen LogP contribution in [0.3, 0.4) is 0 Å². The first-order valence-electron chi connectivity index (χ1n) is 11.7. The quantitative estimate of drug-likeness (QED) is 0.446. The van der Waals surface area contributed by atoms with Crippen molar-refractivity contribution in [2.75, 3.05) is 31.1 Å². The van der Waals surface area contributed by atoms with E-state index in [1.807, 2.05) is 11.3 Å². The number of aryl methyl sites for hydroxylation is 2. The first-order valence-corrected chi connectivity index (χ1v) is 14.7. The minimum atomic E-state index is -3.50. The van der Waals surface area contributed by atoms with Gasteiger partial charge in [0.2, 0.25) is 10.0 Å². The van der Waals surface area contributed by atoms with Crippen molar-refractivity contribution in [3.05, 3.63) is 45.0 Å². The van der Waals surface area contributed by atoms with E-state index >= 15 is 0 Å². The van der Waals surface area contributed by atoms with E-state index in [2.05, 4.69) is 34.7 Å². The van der Waals surface area contributed by atoms with Gasteiger partial charge in [-0.1, -0.05) is 29.8 Å². The van der Waals surface area contributed by atoms with Gasteiger partial charge in [-0.3, -0.25) is 0 Å². The van der Waals surface area contributed by atoms with Crippen LogP contribution in [0, 0.1) is 5.92 Å². The van der Waals surface area contributed by atoms with Gasteiger partial charge < -0.3 is 4.90 Å². The molecule has 33 heavy (non-hydrogen) atoms. The van der Waals surface area contributed by atoms with Crippen LogP contribution in [0.25, 0.3) is 10.2 Å². The molecule has 2 aromatic heterocycles. The highest BCUT2D eigenvalue weighted by atomic mass is 79.9. The van der Waals surface area contributed by atoms with Crippen LogP contribution in [0.1, 0.15) is 43.0 Å². The van der Waals surface area contributed by atoms with E-state index in [9.17, 15) is 8.42 Å². The number of anilines is 1. The molecule has 0 amide bonds. The fourth-order valence-electron chi connectivity index (χ4n) is 4.83. The fourth-order valence-corrected chi connectivity index (χ4v) is 7.91. The van der Waals surface area contributed by atoms with Gasteiger partial charge in [0.15, 0.2) is 0 Å². The van der Waals surface area contributed by atoms with E-state index in [1.54, 1.807) is 28.6 Å². The average Bonchev–Trinajstić information content (AvgIpc) is 3.16. The molecule has 5 rings (SSSR count). The van der Waals surface area contributed by atoms with Gasteiger partial charge in [-0.25, -0.2) is 18.4 Å². The summed E-state index contributed by atoms with van der Waals surface area (Å²) in [5.74, 6) is 2.62. The maximum absolute atomic E-state index is 13.1. The van der Waals surface area contributed by atoms with Gasteiger partial charge in [-0.05, 0) is 61.4 Å². The molecular formula is C24H29BrN4O2S2. The lowest BCUT2D eigenvalue weighted by molar-refractivity contribution is 0.384. The topological polar surface area (TPSA) is 66.4 Å². The molecule has 176 valence electrons. The number of aromatic nitrogens is 2. The third-order valence-corrected chi connectivity index (χ3v) is 10.2. The first-order chi connectivity index (χ1) is 15.9. The van der Waals surface area contributed by atoms with Crippen LogP contribution in [-0.2, 0) is 29.3 Å². The third kappa shape index (κ3) is 4.45. The second kappa shape index (κ2) is 9.24. The van der Waals surface area contributed by atoms with Crippen molar-refractivity contribution in [2.24, 2.45) is 5.92 Å². The number of nitrogens with zero attached hydrogens (tertiary/aromatic N) is 4. The zero-order valence-corrected chi connectivity index (χ0v) is 22.3. The number of halogens is 1. The molecule has 0 bridgehead atoms.